The molecule has 2 aromatic carbocycles. The molecule has 29 heavy (non-hydrogen) atoms. The Balaban J connectivity index is 1.31. The van der Waals surface area contributed by atoms with Crippen LogP contribution in [0.2, 0.25) is 0 Å². The minimum atomic E-state index is -0.536. The third kappa shape index (κ3) is 3.19. The lowest BCUT2D eigenvalue weighted by molar-refractivity contribution is 0.175. The number of hydrogen-bond acceptors (Lipinski definition) is 3. The number of aromatic nitrogens is 1. The van der Waals surface area contributed by atoms with Gasteiger partial charge in [0.05, 0.1) is 11.3 Å². The Morgan fingerprint density at radius 1 is 1.10 bits per heavy atom. The molecule has 3 aromatic rings. The zero-order valence-corrected chi connectivity index (χ0v) is 16.3. The molecule has 5 rings (SSSR count). The van der Waals surface area contributed by atoms with Gasteiger partial charge in [0.25, 0.3) is 0 Å². The number of halogens is 2. The highest BCUT2D eigenvalue weighted by molar-refractivity contribution is 5.65. The normalized spacial score (nSPS) is 17.8. The summed E-state index contributed by atoms with van der Waals surface area (Å²) in [5.74, 6) is -0.262. The van der Waals surface area contributed by atoms with Crippen LogP contribution in [0.25, 0.3) is 17.5 Å². The van der Waals surface area contributed by atoms with Gasteiger partial charge in [0.2, 0.25) is 5.89 Å². The van der Waals surface area contributed by atoms with Gasteiger partial charge in [-0.05, 0) is 62.2 Å². The van der Waals surface area contributed by atoms with Gasteiger partial charge in [0.15, 0.2) is 0 Å². The number of nitrogens with zero attached hydrogens (tertiary/aromatic N) is 2. The van der Waals surface area contributed by atoms with Crippen LogP contribution >= 0.6 is 0 Å². The average Bonchev–Trinajstić information content (AvgIpc) is 3.27. The lowest BCUT2D eigenvalue weighted by Crippen LogP contribution is -2.40. The molecular formula is C24H22F2N2O. The van der Waals surface area contributed by atoms with Gasteiger partial charge in [-0.2, -0.15) is 0 Å². The van der Waals surface area contributed by atoms with Crippen molar-refractivity contribution in [3.05, 3.63) is 82.8 Å². The van der Waals surface area contributed by atoms with E-state index < -0.39 is 11.6 Å². The molecule has 5 heteroatoms. The second-order valence-corrected chi connectivity index (χ2v) is 8.00. The third-order valence-electron chi connectivity index (χ3n) is 6.25. The smallest absolute Gasteiger partial charge is 0.229 e. The number of likely N-dealkylation sites (tertiary alicyclic amines) is 1. The summed E-state index contributed by atoms with van der Waals surface area (Å²) in [5, 5.41) is 0. The summed E-state index contributed by atoms with van der Waals surface area (Å²) in [7, 11) is 0. The molecule has 2 aliphatic rings. The van der Waals surface area contributed by atoms with Gasteiger partial charge in [0.1, 0.15) is 17.4 Å². The van der Waals surface area contributed by atoms with Crippen molar-refractivity contribution in [3.63, 3.8) is 0 Å². The molecule has 0 bridgehead atoms. The molecule has 0 amide bonds. The number of aryl methyl sites for hydroxylation is 1. The van der Waals surface area contributed by atoms with Crippen LogP contribution in [0.15, 0.2) is 53.0 Å². The molecule has 1 fully saturated rings. The molecule has 0 unspecified atom stereocenters. The molecule has 148 valence electrons. The first-order valence-corrected chi connectivity index (χ1v) is 9.97. The van der Waals surface area contributed by atoms with Crippen molar-refractivity contribution in [1.82, 2.24) is 9.88 Å². The molecule has 0 atom stereocenters. The van der Waals surface area contributed by atoms with Crippen molar-refractivity contribution >= 4 is 6.08 Å². The predicted octanol–water partition coefficient (Wildman–Crippen LogP) is 5.49. The highest BCUT2D eigenvalue weighted by Crippen LogP contribution is 2.43. The highest BCUT2D eigenvalue weighted by Gasteiger charge is 2.38. The predicted molar refractivity (Wildman–Crippen MR) is 108 cm³/mol. The second kappa shape index (κ2) is 6.92. The van der Waals surface area contributed by atoms with Crippen molar-refractivity contribution in [1.29, 1.82) is 0 Å². The van der Waals surface area contributed by atoms with Crippen molar-refractivity contribution in [2.45, 2.75) is 31.7 Å². The third-order valence-corrected chi connectivity index (χ3v) is 6.25. The molecule has 1 aromatic heterocycles. The number of hydrogen-bond donors (Lipinski definition) is 0. The second-order valence-electron chi connectivity index (χ2n) is 8.00. The Kier molecular flexibility index (Phi) is 4.36. The number of rotatable bonds is 3. The lowest BCUT2D eigenvalue weighted by atomic mass is 9.74. The quantitative estimate of drug-likeness (QED) is 0.590. The molecule has 3 nitrogen and oxygen atoms in total. The fraction of sp³-hybridized carbons (Fsp3) is 0.292. The SMILES string of the molecule is Cc1oc(-c2cc(F)ccc2F)nc1CN1CCC2(C=Cc3ccccc32)CC1. The van der Waals surface area contributed by atoms with E-state index in [4.69, 9.17) is 4.42 Å². The van der Waals surface area contributed by atoms with Gasteiger partial charge in [-0.25, -0.2) is 13.8 Å². The van der Waals surface area contributed by atoms with E-state index in [1.807, 2.05) is 6.92 Å². The van der Waals surface area contributed by atoms with E-state index in [1.165, 1.54) is 11.1 Å². The molecule has 0 saturated carbocycles. The number of oxazole rings is 1. The minimum Gasteiger partial charge on any atom is -0.441 e. The number of fused-ring (bicyclic) bond motifs is 2. The number of allylic oxidation sites excluding steroid dienone is 1. The summed E-state index contributed by atoms with van der Waals surface area (Å²) in [6, 6.07) is 11.9. The van der Waals surface area contributed by atoms with Crippen LogP contribution in [-0.4, -0.2) is 23.0 Å². The Morgan fingerprint density at radius 3 is 2.72 bits per heavy atom. The van der Waals surface area contributed by atoms with E-state index in [2.05, 4.69) is 46.3 Å². The molecular weight excluding hydrogens is 370 g/mol. The maximum absolute atomic E-state index is 14.1. The highest BCUT2D eigenvalue weighted by atomic mass is 19.1. The summed E-state index contributed by atoms with van der Waals surface area (Å²) in [6.45, 7) is 4.38. The Labute approximate surface area is 168 Å². The largest absolute Gasteiger partial charge is 0.441 e. The van der Waals surface area contributed by atoms with E-state index in [-0.39, 0.29) is 16.9 Å². The standard InChI is InChI=1S/C24H22F2N2O/c1-16-22(27-23(29-16)19-14-18(25)6-7-21(19)26)15-28-12-10-24(11-13-28)9-8-17-4-2-3-5-20(17)24/h2-9,14H,10-13,15H2,1H3. The Morgan fingerprint density at radius 2 is 1.90 bits per heavy atom. The maximum atomic E-state index is 14.1. The van der Waals surface area contributed by atoms with Crippen molar-refractivity contribution in [2.24, 2.45) is 0 Å². The molecule has 1 spiro atoms. The van der Waals surface area contributed by atoms with E-state index in [0.29, 0.717) is 12.3 Å². The van der Waals surface area contributed by atoms with Crippen LogP contribution < -0.4 is 0 Å². The molecule has 1 saturated heterocycles. The van der Waals surface area contributed by atoms with Crippen LogP contribution in [0.3, 0.4) is 0 Å². The molecule has 1 aliphatic carbocycles. The fourth-order valence-corrected chi connectivity index (χ4v) is 4.54. The van der Waals surface area contributed by atoms with Gasteiger partial charge < -0.3 is 4.42 Å². The van der Waals surface area contributed by atoms with Gasteiger partial charge in [0, 0.05) is 12.0 Å². The van der Waals surface area contributed by atoms with E-state index in [0.717, 1.165) is 49.8 Å². The fourth-order valence-electron chi connectivity index (χ4n) is 4.54. The molecule has 0 radical (unpaired) electrons. The van der Waals surface area contributed by atoms with Crippen LogP contribution in [0.1, 0.15) is 35.4 Å². The Hall–Kier alpha value is -2.79. The van der Waals surface area contributed by atoms with Crippen LogP contribution in [0, 0.1) is 18.6 Å². The van der Waals surface area contributed by atoms with E-state index >= 15 is 0 Å². The summed E-state index contributed by atoms with van der Waals surface area (Å²) in [4.78, 5) is 6.83. The van der Waals surface area contributed by atoms with Gasteiger partial charge in [-0.15, -0.1) is 0 Å². The topological polar surface area (TPSA) is 29.3 Å². The van der Waals surface area contributed by atoms with Crippen LogP contribution in [-0.2, 0) is 12.0 Å². The van der Waals surface area contributed by atoms with E-state index in [9.17, 15) is 8.78 Å². The number of benzene rings is 2. The van der Waals surface area contributed by atoms with Crippen molar-refractivity contribution in [3.8, 4) is 11.5 Å². The molecule has 2 heterocycles. The summed E-state index contributed by atoms with van der Waals surface area (Å²) in [5.41, 5.74) is 3.74. The summed E-state index contributed by atoms with van der Waals surface area (Å²) >= 11 is 0. The minimum absolute atomic E-state index is 0.0599. The van der Waals surface area contributed by atoms with Crippen molar-refractivity contribution < 1.29 is 13.2 Å². The first kappa shape index (κ1) is 18.3. The van der Waals surface area contributed by atoms with Crippen LogP contribution in [0.4, 0.5) is 8.78 Å². The molecule has 1 aliphatic heterocycles. The first-order chi connectivity index (χ1) is 14.0. The van der Waals surface area contributed by atoms with E-state index in [1.54, 1.807) is 0 Å². The van der Waals surface area contributed by atoms with Gasteiger partial charge in [-0.1, -0.05) is 36.4 Å². The Bertz CT molecular complexity index is 1090. The first-order valence-electron chi connectivity index (χ1n) is 9.97. The zero-order chi connectivity index (χ0) is 20.0. The average molecular weight is 392 g/mol. The van der Waals surface area contributed by atoms with Crippen molar-refractivity contribution in [2.75, 3.05) is 13.1 Å². The van der Waals surface area contributed by atoms with Crippen LogP contribution in [0.5, 0.6) is 0 Å². The van der Waals surface area contributed by atoms with Gasteiger partial charge in [-0.3, -0.25) is 4.90 Å². The maximum Gasteiger partial charge on any atom is 0.229 e. The van der Waals surface area contributed by atoms with Gasteiger partial charge >= 0.3 is 0 Å². The molecule has 0 N–H and O–H groups in total. The lowest BCUT2D eigenvalue weighted by Gasteiger charge is -2.39. The monoisotopic (exact) mass is 392 g/mol. The summed E-state index contributed by atoms with van der Waals surface area (Å²) < 4.78 is 33.2. The summed E-state index contributed by atoms with van der Waals surface area (Å²) in [6.07, 6.45) is 6.72. The zero-order valence-electron chi connectivity index (χ0n) is 16.3. The number of piperidine rings is 1.